The van der Waals surface area contributed by atoms with E-state index in [1.807, 2.05) is 54.6 Å². The SMILES string of the molecule is C#CCNC(=O)c1ccc(NC(=O)OCCCSC(c2ccccc2)(c2ccccc2)c2ccccc2)c(COC(=O)Cl)c1. The van der Waals surface area contributed by atoms with Crippen LogP contribution in [0.25, 0.3) is 0 Å². The molecule has 4 rings (SSSR count). The summed E-state index contributed by atoms with van der Waals surface area (Å²) in [6, 6.07) is 35.6. The van der Waals surface area contributed by atoms with Crippen LogP contribution in [0.1, 0.15) is 39.0 Å². The number of carbonyl (C=O) groups is 3. The van der Waals surface area contributed by atoms with Crippen molar-refractivity contribution in [2.75, 3.05) is 24.2 Å². The lowest BCUT2D eigenvalue weighted by Crippen LogP contribution is -2.26. The molecule has 0 saturated heterocycles. The van der Waals surface area contributed by atoms with Gasteiger partial charge in [-0.15, -0.1) is 18.2 Å². The topological polar surface area (TPSA) is 93.7 Å². The van der Waals surface area contributed by atoms with Crippen LogP contribution in [0.2, 0.25) is 0 Å². The van der Waals surface area contributed by atoms with E-state index in [0.29, 0.717) is 23.4 Å². The molecule has 9 heteroatoms. The fraction of sp³-hybridized carbons (Fsp3) is 0.171. The predicted octanol–water partition coefficient (Wildman–Crippen LogP) is 7.59. The highest BCUT2D eigenvalue weighted by molar-refractivity contribution is 8.00. The highest BCUT2D eigenvalue weighted by Crippen LogP contribution is 2.48. The number of benzene rings is 4. The molecule has 4 aromatic carbocycles. The van der Waals surface area contributed by atoms with E-state index in [4.69, 9.17) is 27.5 Å². The molecule has 44 heavy (non-hydrogen) atoms. The van der Waals surface area contributed by atoms with Gasteiger partial charge in [0.15, 0.2) is 0 Å². The number of amides is 2. The van der Waals surface area contributed by atoms with Crippen LogP contribution in [0, 0.1) is 12.3 Å². The van der Waals surface area contributed by atoms with Crippen molar-refractivity contribution >= 4 is 46.5 Å². The van der Waals surface area contributed by atoms with E-state index in [1.165, 1.54) is 18.2 Å². The second-order valence-corrected chi connectivity index (χ2v) is 11.1. The lowest BCUT2D eigenvalue weighted by molar-refractivity contribution is 0.0958. The first-order chi connectivity index (χ1) is 21.4. The van der Waals surface area contributed by atoms with E-state index in [0.717, 1.165) is 16.7 Å². The van der Waals surface area contributed by atoms with Crippen molar-refractivity contribution in [3.05, 3.63) is 137 Å². The molecule has 0 spiro atoms. The Balaban J connectivity index is 1.43. The highest BCUT2D eigenvalue weighted by atomic mass is 35.5. The molecule has 0 fully saturated rings. The minimum atomic E-state index is -1.02. The first-order valence-electron chi connectivity index (χ1n) is 13.8. The lowest BCUT2D eigenvalue weighted by Gasteiger charge is -2.35. The molecule has 7 nitrogen and oxygen atoms in total. The molecule has 0 atom stereocenters. The van der Waals surface area contributed by atoms with Gasteiger partial charge in [-0.3, -0.25) is 10.1 Å². The number of hydrogen-bond acceptors (Lipinski definition) is 6. The fourth-order valence-electron chi connectivity index (χ4n) is 4.71. The average molecular weight is 627 g/mol. The van der Waals surface area contributed by atoms with Gasteiger partial charge in [-0.1, -0.05) is 96.9 Å². The molecule has 2 N–H and O–H groups in total. The number of nitrogens with one attached hydrogen (secondary N) is 2. The quantitative estimate of drug-likeness (QED) is 0.0687. The summed E-state index contributed by atoms with van der Waals surface area (Å²) in [7, 11) is 0. The third-order valence-corrected chi connectivity index (χ3v) is 8.42. The van der Waals surface area contributed by atoms with E-state index in [2.05, 4.69) is 53.0 Å². The van der Waals surface area contributed by atoms with E-state index < -0.39 is 22.2 Å². The Morgan fingerprint density at radius 2 is 1.39 bits per heavy atom. The van der Waals surface area contributed by atoms with Crippen LogP contribution in [-0.4, -0.2) is 36.3 Å². The Bertz CT molecular complexity index is 1500. The van der Waals surface area contributed by atoms with Crippen LogP contribution in [0.15, 0.2) is 109 Å². The molecule has 224 valence electrons. The average Bonchev–Trinajstić information content (AvgIpc) is 3.06. The summed E-state index contributed by atoms with van der Waals surface area (Å²) < 4.78 is 9.92. The van der Waals surface area contributed by atoms with Gasteiger partial charge in [0.1, 0.15) is 6.61 Å². The zero-order chi connectivity index (χ0) is 31.2. The van der Waals surface area contributed by atoms with Crippen LogP contribution in [-0.2, 0) is 20.8 Å². The molecular formula is C35H31ClN2O5S. The van der Waals surface area contributed by atoms with E-state index in [9.17, 15) is 14.4 Å². The van der Waals surface area contributed by atoms with Crippen LogP contribution < -0.4 is 10.6 Å². The predicted molar refractivity (Wildman–Crippen MR) is 175 cm³/mol. The highest BCUT2D eigenvalue weighted by Gasteiger charge is 2.36. The standard InChI is InChI=1S/C35H31ClN2O5S/c1-2-21-37-32(39)26-19-20-31(27(24-26)25-43-33(36)40)38-34(41)42-22-12-23-44-35(28-13-6-3-7-14-28,29-15-8-4-9-16-29)30-17-10-5-11-18-30/h1,3-11,13-20,24H,12,21-23,25H2,(H,37,39)(H,38,41). The number of thioether (sulfide) groups is 1. The third-order valence-electron chi connectivity index (χ3n) is 6.68. The minimum absolute atomic E-state index is 0.0542. The molecule has 0 aliphatic carbocycles. The molecule has 4 aromatic rings. The molecule has 0 bridgehead atoms. The van der Waals surface area contributed by atoms with Gasteiger partial charge in [-0.2, -0.15) is 0 Å². The summed E-state index contributed by atoms with van der Waals surface area (Å²) in [5.74, 6) is 2.62. The van der Waals surface area contributed by atoms with Crippen LogP contribution in [0.5, 0.6) is 0 Å². The fourth-order valence-corrected chi connectivity index (χ4v) is 6.24. The summed E-state index contributed by atoms with van der Waals surface area (Å²) in [5, 5.41) is 5.22. The maximum Gasteiger partial charge on any atom is 0.411 e. The summed E-state index contributed by atoms with van der Waals surface area (Å²) in [6.45, 7) is -0.0319. The first-order valence-corrected chi connectivity index (χ1v) is 15.2. The summed E-state index contributed by atoms with van der Waals surface area (Å²) >= 11 is 7.11. The van der Waals surface area contributed by atoms with Gasteiger partial charge in [-0.05, 0) is 47.1 Å². The second-order valence-electron chi connectivity index (χ2n) is 9.53. The maximum absolute atomic E-state index is 12.7. The molecule has 0 aromatic heterocycles. The normalized spacial score (nSPS) is 10.7. The Morgan fingerprint density at radius 1 is 0.818 bits per heavy atom. The Morgan fingerprint density at radius 3 is 1.91 bits per heavy atom. The van der Waals surface area contributed by atoms with Gasteiger partial charge >= 0.3 is 11.5 Å². The van der Waals surface area contributed by atoms with E-state index in [1.54, 1.807) is 11.8 Å². The van der Waals surface area contributed by atoms with Gasteiger partial charge in [0.25, 0.3) is 5.91 Å². The van der Waals surface area contributed by atoms with Crippen LogP contribution in [0.3, 0.4) is 0 Å². The van der Waals surface area contributed by atoms with Crippen molar-refractivity contribution in [1.29, 1.82) is 0 Å². The zero-order valence-corrected chi connectivity index (χ0v) is 25.4. The van der Waals surface area contributed by atoms with Crippen LogP contribution >= 0.6 is 23.4 Å². The summed E-state index contributed by atoms with van der Waals surface area (Å²) in [6.07, 6.45) is 5.12. The largest absolute Gasteiger partial charge is 0.449 e. The Kier molecular flexibility index (Phi) is 11.9. The van der Waals surface area contributed by atoms with Gasteiger partial charge < -0.3 is 14.8 Å². The number of anilines is 1. The first kappa shape index (κ1) is 32.2. The zero-order valence-electron chi connectivity index (χ0n) is 23.8. The van der Waals surface area contributed by atoms with E-state index in [-0.39, 0.29) is 25.3 Å². The summed E-state index contributed by atoms with van der Waals surface area (Å²) in [5.41, 5.74) is 3.39. The van der Waals surface area contributed by atoms with Crippen molar-refractivity contribution in [1.82, 2.24) is 5.32 Å². The molecule has 0 aliphatic rings. The van der Waals surface area contributed by atoms with Crippen molar-refractivity contribution in [3.63, 3.8) is 0 Å². The molecule has 0 saturated carbocycles. The van der Waals surface area contributed by atoms with Gasteiger partial charge in [0, 0.05) is 22.7 Å². The number of ether oxygens (including phenoxy) is 2. The Labute approximate surface area is 266 Å². The molecule has 0 radical (unpaired) electrons. The molecule has 2 amide bonds. The number of carbonyl (C=O) groups excluding carboxylic acids is 3. The third kappa shape index (κ3) is 8.44. The van der Waals surface area contributed by atoms with Crippen molar-refractivity contribution < 1.29 is 23.9 Å². The molecule has 0 unspecified atom stereocenters. The number of terminal acetylenes is 1. The van der Waals surface area contributed by atoms with Crippen molar-refractivity contribution in [2.45, 2.75) is 17.8 Å². The van der Waals surface area contributed by atoms with Crippen LogP contribution in [0.4, 0.5) is 15.3 Å². The second kappa shape index (κ2) is 16.2. The number of halogens is 1. The van der Waals surface area contributed by atoms with Gasteiger partial charge in [0.2, 0.25) is 0 Å². The number of hydrogen-bond donors (Lipinski definition) is 2. The smallest absolute Gasteiger partial charge is 0.411 e. The van der Waals surface area contributed by atoms with Gasteiger partial charge in [0.05, 0.1) is 23.6 Å². The monoisotopic (exact) mass is 626 g/mol. The molecule has 0 heterocycles. The van der Waals surface area contributed by atoms with Crippen molar-refractivity contribution in [2.24, 2.45) is 0 Å². The minimum Gasteiger partial charge on any atom is -0.449 e. The summed E-state index contributed by atoms with van der Waals surface area (Å²) in [4.78, 5) is 36.2. The molecule has 0 aliphatic heterocycles. The van der Waals surface area contributed by atoms with Gasteiger partial charge in [-0.25, -0.2) is 9.59 Å². The Hall–Kier alpha value is -4.71. The van der Waals surface area contributed by atoms with Crippen molar-refractivity contribution in [3.8, 4) is 12.3 Å². The van der Waals surface area contributed by atoms with E-state index >= 15 is 0 Å². The maximum atomic E-state index is 12.7. The number of rotatable bonds is 13. The lowest BCUT2D eigenvalue weighted by atomic mass is 9.84. The molecular weight excluding hydrogens is 596 g/mol.